The molecule has 1 aromatic carbocycles. The molecule has 0 amide bonds. The van der Waals surface area contributed by atoms with E-state index in [0.717, 1.165) is 25.0 Å². The fourth-order valence-electron chi connectivity index (χ4n) is 3.84. The molecule has 3 rings (SSSR count). The molecule has 3 unspecified atom stereocenters. The number of carboxylic acids is 1. The van der Waals surface area contributed by atoms with Gasteiger partial charge in [0.1, 0.15) is 5.82 Å². The Labute approximate surface area is 153 Å². The summed E-state index contributed by atoms with van der Waals surface area (Å²) in [5.41, 5.74) is -2.37. The largest absolute Gasteiger partial charge is 0.548 e. The van der Waals surface area contributed by atoms with E-state index in [-0.39, 0.29) is 11.5 Å². The highest BCUT2D eigenvalue weighted by Crippen LogP contribution is 2.50. The second kappa shape index (κ2) is 6.25. The fraction of sp³-hybridized carbons (Fsp3) is 0.474. The number of hydrogen-bond donors (Lipinski definition) is 1. The van der Waals surface area contributed by atoms with Gasteiger partial charge in [0.05, 0.1) is 29.1 Å². The number of carbonyl (C=O) groups is 1. The zero-order valence-electron chi connectivity index (χ0n) is 14.7. The Morgan fingerprint density at radius 3 is 2.48 bits per heavy atom. The van der Waals surface area contributed by atoms with Gasteiger partial charge in [-0.05, 0) is 55.9 Å². The van der Waals surface area contributed by atoms with E-state index in [9.17, 15) is 32.7 Å². The molecule has 1 N–H and O–H groups in total. The van der Waals surface area contributed by atoms with Gasteiger partial charge in [-0.3, -0.25) is 0 Å². The zero-order valence-corrected chi connectivity index (χ0v) is 14.7. The van der Waals surface area contributed by atoms with E-state index < -0.39 is 40.9 Å². The first-order valence-electron chi connectivity index (χ1n) is 8.47. The average Bonchev–Trinajstić information content (AvgIpc) is 3.40. The first-order chi connectivity index (χ1) is 12.5. The molecule has 1 aromatic rings. The van der Waals surface area contributed by atoms with Crippen LogP contribution in [0.4, 0.5) is 17.6 Å². The summed E-state index contributed by atoms with van der Waals surface area (Å²) in [5, 5.41) is 24.3. The number of hydrogen-bond acceptors (Lipinski definition) is 4. The number of carbonyl (C=O) groups excluding carboxylic acids is 1. The number of halogens is 4. The van der Waals surface area contributed by atoms with Crippen LogP contribution in [0.1, 0.15) is 43.7 Å². The molecular weight excluding hydrogens is 364 g/mol. The lowest BCUT2D eigenvalue weighted by atomic mass is 9.67. The molecule has 144 valence electrons. The molecule has 1 aliphatic heterocycles. The number of nitrogens with zero attached hydrogens (tertiary/aromatic N) is 1. The number of nitrogens with one attached hydrogen (secondary N) is 1. The van der Waals surface area contributed by atoms with Crippen molar-refractivity contribution in [3.8, 4) is 6.07 Å². The lowest BCUT2D eigenvalue weighted by Gasteiger charge is -2.47. The van der Waals surface area contributed by atoms with E-state index in [1.165, 1.54) is 6.92 Å². The molecule has 0 spiro atoms. The van der Waals surface area contributed by atoms with Crippen LogP contribution >= 0.6 is 0 Å². The third-order valence-electron chi connectivity index (χ3n) is 5.45. The van der Waals surface area contributed by atoms with Gasteiger partial charge < -0.3 is 15.2 Å². The van der Waals surface area contributed by atoms with Crippen LogP contribution in [-0.2, 0) is 11.0 Å². The van der Waals surface area contributed by atoms with Crippen molar-refractivity contribution in [1.82, 2.24) is 5.32 Å². The van der Waals surface area contributed by atoms with Gasteiger partial charge in [-0.25, -0.2) is 4.39 Å². The highest BCUT2D eigenvalue weighted by atomic mass is 19.4. The number of alkyl halides is 3. The van der Waals surface area contributed by atoms with E-state index in [2.05, 4.69) is 5.32 Å². The summed E-state index contributed by atoms with van der Waals surface area (Å²) in [6, 6.07) is 4.11. The quantitative estimate of drug-likeness (QED) is 0.817. The molecule has 2 aliphatic rings. The Balaban J connectivity index is 2.27. The van der Waals surface area contributed by atoms with Crippen molar-refractivity contribution >= 4 is 5.97 Å². The van der Waals surface area contributed by atoms with Crippen molar-refractivity contribution in [2.75, 3.05) is 0 Å². The van der Waals surface area contributed by atoms with Crippen LogP contribution in [0.5, 0.6) is 0 Å². The van der Waals surface area contributed by atoms with Gasteiger partial charge in [-0.2, -0.15) is 18.4 Å². The van der Waals surface area contributed by atoms with Gasteiger partial charge in [0.15, 0.2) is 0 Å². The topological polar surface area (TPSA) is 75.9 Å². The lowest BCUT2D eigenvalue weighted by molar-refractivity contribution is -0.315. The molecular formula is C19H17F4N2O2-. The summed E-state index contributed by atoms with van der Waals surface area (Å²) in [7, 11) is 0. The minimum absolute atomic E-state index is 0.0144. The third kappa shape index (κ3) is 3.15. The molecule has 3 atom stereocenters. The molecule has 0 saturated heterocycles. The summed E-state index contributed by atoms with van der Waals surface area (Å²) in [6.07, 6.45) is -3.29. The highest BCUT2D eigenvalue weighted by Gasteiger charge is 2.51. The predicted molar refractivity (Wildman–Crippen MR) is 85.2 cm³/mol. The Hall–Kier alpha value is -2.56. The van der Waals surface area contributed by atoms with Gasteiger partial charge in [0.25, 0.3) is 0 Å². The fourth-order valence-corrected chi connectivity index (χ4v) is 3.84. The number of benzene rings is 1. The monoisotopic (exact) mass is 381 g/mol. The summed E-state index contributed by atoms with van der Waals surface area (Å²) >= 11 is 0. The first kappa shape index (κ1) is 19.2. The van der Waals surface area contributed by atoms with Gasteiger partial charge in [-0.15, -0.1) is 0 Å². The van der Waals surface area contributed by atoms with Crippen LogP contribution in [0, 0.1) is 29.0 Å². The Bertz CT molecular complexity index is 867. The zero-order chi connectivity index (χ0) is 20.1. The summed E-state index contributed by atoms with van der Waals surface area (Å²) < 4.78 is 54.2. The summed E-state index contributed by atoms with van der Waals surface area (Å²) in [4.78, 5) is 11.8. The van der Waals surface area contributed by atoms with Crippen LogP contribution in [0.15, 0.2) is 29.5 Å². The number of aliphatic carboxylic acids is 1. The molecule has 8 heteroatoms. The average molecular weight is 381 g/mol. The molecule has 1 aliphatic carbocycles. The van der Waals surface area contributed by atoms with E-state index >= 15 is 0 Å². The molecule has 0 radical (unpaired) electrons. The standard InChI is InChI=1S/C19H18F4N2O2/c1-9-15(12-6-5-11(20)7-13(12)19(21,22)23)14(8-24)18(2,17(26)27)25-16(9)10-3-4-10/h5-7,10,14-15,25H,3-4H2,1-2H3,(H,26,27)/p-1. The predicted octanol–water partition coefficient (Wildman–Crippen LogP) is 2.86. The molecule has 1 saturated carbocycles. The second-order valence-corrected chi connectivity index (χ2v) is 7.30. The Morgan fingerprint density at radius 2 is 2.00 bits per heavy atom. The Morgan fingerprint density at radius 1 is 1.37 bits per heavy atom. The van der Waals surface area contributed by atoms with Crippen molar-refractivity contribution in [2.45, 2.75) is 44.3 Å². The van der Waals surface area contributed by atoms with Crippen molar-refractivity contribution < 1.29 is 27.5 Å². The molecule has 0 aromatic heterocycles. The first-order valence-corrected chi connectivity index (χ1v) is 8.47. The maximum Gasteiger partial charge on any atom is 0.416 e. The smallest absolute Gasteiger partial charge is 0.416 e. The number of allylic oxidation sites excluding steroid dienone is 2. The van der Waals surface area contributed by atoms with E-state index in [1.54, 1.807) is 6.92 Å². The van der Waals surface area contributed by atoms with Crippen molar-refractivity contribution in [3.63, 3.8) is 0 Å². The van der Waals surface area contributed by atoms with Crippen LogP contribution in [0.25, 0.3) is 0 Å². The van der Waals surface area contributed by atoms with Gasteiger partial charge in [-0.1, -0.05) is 6.07 Å². The maximum atomic E-state index is 13.6. The molecule has 1 heterocycles. The summed E-state index contributed by atoms with van der Waals surface area (Å²) in [6.45, 7) is 2.84. The number of rotatable bonds is 3. The number of nitriles is 1. The van der Waals surface area contributed by atoms with Crippen LogP contribution < -0.4 is 10.4 Å². The normalized spacial score (nSPS) is 28.5. The van der Waals surface area contributed by atoms with E-state index in [4.69, 9.17) is 0 Å². The van der Waals surface area contributed by atoms with Crippen LogP contribution in [-0.4, -0.2) is 11.5 Å². The molecule has 4 nitrogen and oxygen atoms in total. The van der Waals surface area contributed by atoms with E-state index in [0.29, 0.717) is 17.3 Å². The third-order valence-corrected chi connectivity index (χ3v) is 5.45. The Kier molecular flexibility index (Phi) is 4.45. The molecule has 1 fully saturated rings. The molecule has 27 heavy (non-hydrogen) atoms. The van der Waals surface area contributed by atoms with Gasteiger partial charge in [0, 0.05) is 11.6 Å². The summed E-state index contributed by atoms with van der Waals surface area (Å²) in [5.74, 6) is -5.12. The minimum atomic E-state index is -4.85. The maximum absolute atomic E-state index is 13.6. The van der Waals surface area contributed by atoms with Crippen molar-refractivity contribution in [2.24, 2.45) is 11.8 Å². The van der Waals surface area contributed by atoms with E-state index in [1.807, 2.05) is 6.07 Å². The van der Waals surface area contributed by atoms with Crippen LogP contribution in [0.2, 0.25) is 0 Å². The number of carboxylic acid groups (broad SMARTS) is 1. The highest BCUT2D eigenvalue weighted by molar-refractivity contribution is 5.79. The van der Waals surface area contributed by atoms with Crippen LogP contribution in [0.3, 0.4) is 0 Å². The SMILES string of the molecule is CC1=C(C2CC2)NC(C)(C(=O)[O-])C(C#N)C1c1ccc(F)cc1C(F)(F)F. The molecule has 0 bridgehead atoms. The minimum Gasteiger partial charge on any atom is -0.548 e. The van der Waals surface area contributed by atoms with Crippen molar-refractivity contribution in [1.29, 1.82) is 5.26 Å². The van der Waals surface area contributed by atoms with Gasteiger partial charge >= 0.3 is 6.18 Å². The lowest BCUT2D eigenvalue weighted by Crippen LogP contribution is -2.63. The second-order valence-electron chi connectivity index (χ2n) is 7.30. The van der Waals surface area contributed by atoms with Crippen molar-refractivity contribution in [3.05, 3.63) is 46.4 Å². The van der Waals surface area contributed by atoms with Gasteiger partial charge in [0.2, 0.25) is 0 Å².